The van der Waals surface area contributed by atoms with Crippen LogP contribution < -0.4 is 0 Å². The van der Waals surface area contributed by atoms with Crippen molar-refractivity contribution in [3.8, 4) is 0 Å². The fraction of sp³-hybridized carbons (Fsp3) is 0. The Hall–Kier alpha value is -0.718. The molecular formula is H22AlNO15S+6. The van der Waals surface area contributed by atoms with Gasteiger partial charge in [0.2, 0.25) is 0 Å². The van der Waals surface area contributed by atoms with Crippen LogP contribution >= 0.6 is 0 Å². The third kappa shape index (κ3) is 6060. The van der Waals surface area contributed by atoms with Crippen molar-refractivity contribution in [3.63, 3.8) is 0 Å². The van der Waals surface area contributed by atoms with Gasteiger partial charge in [-0.3, -0.25) is 8.42 Å². The van der Waals surface area contributed by atoms with E-state index in [4.69, 9.17) is 32.8 Å². The Labute approximate surface area is 110 Å². The molecule has 18 heteroatoms. The number of rotatable bonds is 0. The molecular weight excluding hydrogens is 313 g/mol. The second kappa shape index (κ2) is 55.4. The summed E-state index contributed by atoms with van der Waals surface area (Å²) in [4.78, 5) is 8.25. The van der Waals surface area contributed by atoms with Crippen molar-refractivity contribution in [1.29, 1.82) is 0 Å². The number of nitrogens with zero attached hydrogens (tertiary/aromatic N) is 1. The monoisotopic (exact) mass is 335 g/mol. The van der Waals surface area contributed by atoms with Crippen molar-refractivity contribution < 1.29 is 66.4 Å². The van der Waals surface area contributed by atoms with Gasteiger partial charge in [0.1, 0.15) is 0 Å². The summed E-state index contributed by atoms with van der Waals surface area (Å²) in [7, 11) is -5.17. The molecule has 0 rings (SSSR count). The van der Waals surface area contributed by atoms with E-state index in [2.05, 4.69) is 0 Å². The largest absolute Gasteiger partial charge is 3.00 e. The first kappa shape index (κ1) is 116. The van der Waals surface area contributed by atoms with E-state index in [1.165, 1.54) is 0 Å². The molecule has 0 amide bonds. The molecule has 0 saturated heterocycles. The zero-order valence-electron chi connectivity index (χ0n) is 8.75. The van der Waals surface area contributed by atoms with E-state index >= 15 is 0 Å². The molecule has 0 aromatic rings. The Kier molecular flexibility index (Phi) is 358. The van der Waals surface area contributed by atoms with E-state index in [1.54, 1.807) is 0 Å². The molecule has 0 aliphatic carbocycles. The smallest absolute Gasteiger partial charge is 0.759 e. The van der Waals surface area contributed by atoms with Gasteiger partial charge in [0.05, 0.1) is 5.09 Å². The maximum Gasteiger partial charge on any atom is 3.00 e. The molecule has 0 radical (unpaired) electrons. The van der Waals surface area contributed by atoms with Gasteiger partial charge in [0.25, 0.3) is 0 Å². The molecule has 0 aliphatic heterocycles. The fourth-order valence-electron chi connectivity index (χ4n) is 0. The number of hydrogen-bond acceptors (Lipinski definition) is 7. The summed E-state index contributed by atoms with van der Waals surface area (Å²) >= 11 is 0. The minimum atomic E-state index is -5.17. The minimum Gasteiger partial charge on any atom is -0.759 e. The summed E-state index contributed by atoms with van der Waals surface area (Å²) in [6.45, 7) is 0. The van der Waals surface area contributed by atoms with E-state index in [1.807, 2.05) is 0 Å². The molecule has 0 bridgehead atoms. The normalized spacial score (nSPS) is 4.56. The van der Waals surface area contributed by atoms with Crippen molar-refractivity contribution in [2.45, 2.75) is 0 Å². The summed E-state index contributed by atoms with van der Waals surface area (Å²) in [5.41, 5.74) is 0. The Morgan fingerprint density at radius 1 is 0.722 bits per heavy atom. The topological polar surface area (TPSA) is 407 Å². The average Bonchev–Trinajstić information content (AvgIpc) is 1.19. The van der Waals surface area contributed by atoms with Crippen LogP contribution in [-0.2, 0) is 43.3 Å². The number of hydrogen-bond donors (Lipinski definition) is 0. The van der Waals surface area contributed by atoms with Crippen LogP contribution in [0.2, 0.25) is 0 Å². The van der Waals surface area contributed by atoms with Crippen molar-refractivity contribution in [2.24, 2.45) is 0 Å². The first-order valence-electron chi connectivity index (χ1n) is 1.21. The van der Waals surface area contributed by atoms with Crippen LogP contribution in [0.15, 0.2) is 0 Å². The molecule has 0 aromatic heterocycles. The van der Waals surface area contributed by atoms with Gasteiger partial charge < -0.3 is 68.2 Å². The molecule has 0 unspecified atom stereocenters. The van der Waals surface area contributed by atoms with E-state index in [-0.39, 0.29) is 61.2 Å². The third-order valence-electron chi connectivity index (χ3n) is 0. The van der Waals surface area contributed by atoms with Gasteiger partial charge in [-0.15, -0.1) is 0 Å². The molecule has 0 aromatic carbocycles. The van der Waals surface area contributed by atoms with Gasteiger partial charge in [0.15, 0.2) is 0 Å². The van der Waals surface area contributed by atoms with Crippen LogP contribution in [0.4, 0.5) is 0 Å². The van der Waals surface area contributed by atoms with Gasteiger partial charge in [-0.25, -0.2) is 0 Å². The first-order chi connectivity index (χ1) is 3.73. The molecule has 120 valence electrons. The van der Waals surface area contributed by atoms with Crippen LogP contribution in [0.5, 0.6) is 0 Å². The molecule has 0 spiro atoms. The zero-order chi connectivity index (χ0) is 8.08. The van der Waals surface area contributed by atoms with Crippen molar-refractivity contribution in [2.75, 3.05) is 0 Å². The van der Waals surface area contributed by atoms with Crippen LogP contribution in [0.3, 0.4) is 0 Å². The summed E-state index contributed by atoms with van der Waals surface area (Å²) in [5.74, 6) is 0. The molecule has 0 atom stereocenters. The van der Waals surface area contributed by atoms with E-state index in [0.717, 1.165) is 0 Å². The summed E-state index contributed by atoms with van der Waals surface area (Å²) < 4.78 is 34.1. The summed E-state index contributed by atoms with van der Waals surface area (Å²) in [6, 6.07) is 0. The van der Waals surface area contributed by atoms with Gasteiger partial charge in [0, 0.05) is 10.4 Å². The van der Waals surface area contributed by atoms with Crippen molar-refractivity contribution >= 4 is 27.8 Å². The molecule has 0 saturated carbocycles. The van der Waals surface area contributed by atoms with Crippen molar-refractivity contribution in [3.05, 3.63) is 15.3 Å². The SMILES string of the molecule is O.O.O=S(=O)([O-])[O-].O=[N+]([O-])[O-].[Al+3].[OH3+].[OH3+].[OH3+].[OH3+].[OH3+].[OH3+]. The van der Waals surface area contributed by atoms with Crippen LogP contribution in [0.1, 0.15) is 0 Å². The van der Waals surface area contributed by atoms with Crippen LogP contribution in [0, 0.1) is 15.3 Å². The summed E-state index contributed by atoms with van der Waals surface area (Å²) in [6.07, 6.45) is 0. The molecule has 0 heterocycles. The van der Waals surface area contributed by atoms with Gasteiger partial charge >= 0.3 is 17.4 Å². The Bertz CT molecular complexity index is 159. The standard InChI is InChI=1S/Al.NO3.H2O4S.8H2O/c;2-1(3)4;1-5(2,3)4;;;;;;;;/h;;(H2,1,2,3,4);8*1H2/q+3;-1;;;;;;;;;/p+4. The minimum absolute atomic E-state index is 0. The van der Waals surface area contributed by atoms with Gasteiger partial charge in [-0.1, -0.05) is 0 Å². The Morgan fingerprint density at radius 2 is 0.722 bits per heavy atom. The second-order valence-corrected chi connectivity index (χ2v) is 1.45. The Morgan fingerprint density at radius 3 is 0.722 bits per heavy atom. The maximum atomic E-state index is 8.52. The van der Waals surface area contributed by atoms with Gasteiger partial charge in [-0.2, -0.15) is 0 Å². The predicted molar refractivity (Wildman–Crippen MR) is 63.0 cm³/mol. The molecule has 16 nitrogen and oxygen atoms in total. The van der Waals surface area contributed by atoms with Crippen molar-refractivity contribution in [1.82, 2.24) is 0 Å². The van der Waals surface area contributed by atoms with Gasteiger partial charge in [-0.05, 0) is 0 Å². The maximum absolute atomic E-state index is 8.52. The zero-order valence-corrected chi connectivity index (χ0v) is 10.7. The second-order valence-electron chi connectivity index (χ2n) is 0.632. The average molecular weight is 335 g/mol. The fourth-order valence-corrected chi connectivity index (χ4v) is 0. The van der Waals surface area contributed by atoms with Crippen LogP contribution in [-0.4, -0.2) is 50.9 Å². The van der Waals surface area contributed by atoms with E-state index in [0.29, 0.717) is 0 Å². The third-order valence-corrected chi connectivity index (χ3v) is 0. The van der Waals surface area contributed by atoms with Crippen LogP contribution in [0.25, 0.3) is 0 Å². The molecule has 0 fully saturated rings. The van der Waals surface area contributed by atoms with E-state index < -0.39 is 15.5 Å². The molecule has 18 heavy (non-hydrogen) atoms. The Balaban J connectivity index is -0.00000000406. The molecule has 0 aliphatic rings. The summed E-state index contributed by atoms with van der Waals surface area (Å²) in [5, 5.41) is 14.8. The van der Waals surface area contributed by atoms with E-state index in [9.17, 15) is 0 Å². The predicted octanol–water partition coefficient (Wildman–Crippen LogP) is -9.14. The first-order valence-corrected chi connectivity index (χ1v) is 2.55. The quantitative estimate of drug-likeness (QED) is 0.102. The molecule has 22 N–H and O–H groups in total.